The second-order valence-electron chi connectivity index (χ2n) is 12.7. The van der Waals surface area contributed by atoms with Crippen molar-refractivity contribution in [2.45, 2.75) is 37.4 Å². The molecule has 3 aliphatic heterocycles. The van der Waals surface area contributed by atoms with Crippen LogP contribution in [0.25, 0.3) is 21.8 Å². The number of rotatable bonds is 6. The van der Waals surface area contributed by atoms with Crippen LogP contribution in [0.2, 0.25) is 0 Å². The molecule has 0 radical (unpaired) electrons. The standard InChI is InChI=1S/C32H31F2N7O8S/c1-38-24-11-16(2-5-22(24)41(32(38)47)23-6-7-26(43)36-31(23)46)20-13-39(9-8-21(20)33)14-27(44)35-18-3-4-19-17(10-18)12-25(42)30(29(19)34)40-15-28(45)37-50(40,48)49/h2-5,10-12,20-21,23,42H,6-9,13-15H2,1H3,(H,35,44)(H,37,45)(H,36,43,46)/t20-,21+,23?/m1/s1. The summed E-state index contributed by atoms with van der Waals surface area (Å²) in [6, 6.07) is 9.47. The van der Waals surface area contributed by atoms with Crippen LogP contribution in [-0.2, 0) is 36.4 Å². The van der Waals surface area contributed by atoms with Gasteiger partial charge in [0.25, 0.3) is 5.91 Å². The Morgan fingerprint density at radius 3 is 2.54 bits per heavy atom. The van der Waals surface area contributed by atoms with E-state index in [2.05, 4.69) is 10.6 Å². The van der Waals surface area contributed by atoms with Gasteiger partial charge in [-0.25, -0.2) is 22.6 Å². The number of aryl methyl sites for hydroxylation is 1. The van der Waals surface area contributed by atoms with E-state index in [1.165, 1.54) is 27.3 Å². The number of imidazole rings is 1. The molecule has 1 aromatic heterocycles. The number of amides is 4. The number of fused-ring (bicyclic) bond motifs is 2. The van der Waals surface area contributed by atoms with Crippen molar-refractivity contribution in [3.63, 3.8) is 0 Å². The highest BCUT2D eigenvalue weighted by Gasteiger charge is 2.38. The number of likely N-dealkylation sites (tertiary alicyclic amines) is 1. The van der Waals surface area contributed by atoms with Crippen LogP contribution in [-0.4, -0.2) is 83.5 Å². The molecule has 4 amide bonds. The number of phenols is 1. The number of alkyl halides is 1. The summed E-state index contributed by atoms with van der Waals surface area (Å²) in [7, 11) is -2.82. The second kappa shape index (κ2) is 12.2. The molecule has 3 aromatic carbocycles. The van der Waals surface area contributed by atoms with Crippen LogP contribution < -0.4 is 25.4 Å². The summed E-state index contributed by atoms with van der Waals surface area (Å²) < 4.78 is 60.2. The van der Waals surface area contributed by atoms with Crippen LogP contribution >= 0.6 is 0 Å². The predicted octanol–water partition coefficient (Wildman–Crippen LogP) is 1.26. The minimum absolute atomic E-state index is 0.0554. The lowest BCUT2D eigenvalue weighted by Crippen LogP contribution is -2.44. The van der Waals surface area contributed by atoms with Gasteiger partial charge in [-0.3, -0.25) is 38.5 Å². The molecule has 262 valence electrons. The molecule has 3 saturated heterocycles. The fraction of sp³-hybridized carbons (Fsp3) is 0.344. The SMILES string of the molecule is Cn1c(=O)n(C2CCC(=O)NC2=O)c2ccc([C@H]3CN(CC(=O)Nc4ccc5c(F)c(N6CC(=O)NS6(=O)=O)c(O)cc5c4)CC[C@@H]3F)cc21. The first-order valence-corrected chi connectivity index (χ1v) is 17.1. The molecule has 7 rings (SSSR count). The highest BCUT2D eigenvalue weighted by Crippen LogP contribution is 2.39. The summed E-state index contributed by atoms with van der Waals surface area (Å²) in [4.78, 5) is 63.9. The van der Waals surface area contributed by atoms with Crippen LogP contribution in [0.15, 0.2) is 47.3 Å². The van der Waals surface area contributed by atoms with E-state index in [4.69, 9.17) is 0 Å². The lowest BCUT2D eigenvalue weighted by Gasteiger charge is -2.35. The first-order chi connectivity index (χ1) is 23.7. The molecule has 15 nitrogen and oxygen atoms in total. The van der Waals surface area contributed by atoms with Gasteiger partial charge in [0.1, 0.15) is 30.2 Å². The van der Waals surface area contributed by atoms with E-state index in [1.807, 2.05) is 0 Å². The van der Waals surface area contributed by atoms with Gasteiger partial charge in [-0.05, 0) is 60.2 Å². The highest BCUT2D eigenvalue weighted by atomic mass is 32.2. The summed E-state index contributed by atoms with van der Waals surface area (Å²) in [6.45, 7) is -0.300. The van der Waals surface area contributed by atoms with Gasteiger partial charge in [-0.15, -0.1) is 0 Å². The van der Waals surface area contributed by atoms with E-state index < -0.39 is 81.5 Å². The van der Waals surface area contributed by atoms with E-state index in [-0.39, 0.29) is 48.8 Å². The van der Waals surface area contributed by atoms with Gasteiger partial charge >= 0.3 is 15.9 Å². The monoisotopic (exact) mass is 711 g/mol. The Morgan fingerprint density at radius 2 is 1.82 bits per heavy atom. The summed E-state index contributed by atoms with van der Waals surface area (Å²) in [6.07, 6.45) is -0.787. The fourth-order valence-corrected chi connectivity index (χ4v) is 8.16. The number of carbonyl (C=O) groups is 4. The number of aromatic hydroxyl groups is 1. The number of hydrogen-bond acceptors (Lipinski definition) is 9. The van der Waals surface area contributed by atoms with Gasteiger partial charge in [0.05, 0.1) is 17.6 Å². The maximum absolute atomic E-state index is 15.4. The minimum atomic E-state index is -4.38. The molecule has 18 heteroatoms. The zero-order valence-electron chi connectivity index (χ0n) is 26.5. The Morgan fingerprint density at radius 1 is 1.04 bits per heavy atom. The lowest BCUT2D eigenvalue weighted by atomic mass is 9.88. The number of aromatic nitrogens is 2. The summed E-state index contributed by atoms with van der Waals surface area (Å²) in [5, 5.41) is 15.6. The van der Waals surface area contributed by atoms with Crippen LogP contribution in [0, 0.1) is 5.82 Å². The number of imide groups is 1. The predicted molar refractivity (Wildman–Crippen MR) is 176 cm³/mol. The van der Waals surface area contributed by atoms with Crippen molar-refractivity contribution in [1.29, 1.82) is 0 Å². The Bertz CT molecular complexity index is 2310. The van der Waals surface area contributed by atoms with Gasteiger partial charge in [0, 0.05) is 43.5 Å². The van der Waals surface area contributed by atoms with E-state index in [0.717, 1.165) is 6.07 Å². The average molecular weight is 712 g/mol. The molecule has 4 N–H and O–H groups in total. The molecule has 0 spiro atoms. The lowest BCUT2D eigenvalue weighted by molar-refractivity contribution is -0.135. The van der Waals surface area contributed by atoms with E-state index in [1.54, 1.807) is 34.9 Å². The molecule has 4 heterocycles. The van der Waals surface area contributed by atoms with Crippen LogP contribution in [0.5, 0.6) is 5.75 Å². The van der Waals surface area contributed by atoms with Gasteiger partial charge in [-0.1, -0.05) is 6.07 Å². The number of anilines is 2. The molecule has 0 saturated carbocycles. The normalized spacial score (nSPS) is 22.6. The second-order valence-corrected chi connectivity index (χ2v) is 14.2. The number of phenolic OH excluding ortho intramolecular Hbond substituents is 1. The maximum Gasteiger partial charge on any atom is 0.329 e. The van der Waals surface area contributed by atoms with Crippen molar-refractivity contribution in [3.05, 3.63) is 64.3 Å². The number of nitrogens with zero attached hydrogens (tertiary/aromatic N) is 4. The number of halogens is 2. The quantitative estimate of drug-likeness (QED) is 0.213. The van der Waals surface area contributed by atoms with E-state index >= 15 is 8.78 Å². The molecule has 4 aromatic rings. The number of benzene rings is 3. The van der Waals surface area contributed by atoms with Crippen LogP contribution in [0.4, 0.5) is 20.2 Å². The summed E-state index contributed by atoms with van der Waals surface area (Å²) in [5.41, 5.74) is 0.744. The molecule has 3 atom stereocenters. The fourth-order valence-electron chi connectivity index (χ4n) is 6.99. The topological polar surface area (TPSA) is 192 Å². The van der Waals surface area contributed by atoms with Gasteiger partial charge < -0.3 is 10.4 Å². The van der Waals surface area contributed by atoms with Crippen molar-refractivity contribution < 1.29 is 41.5 Å². The molecular weight excluding hydrogens is 680 g/mol. The largest absolute Gasteiger partial charge is 0.506 e. The Kier molecular flexibility index (Phi) is 8.09. The van der Waals surface area contributed by atoms with Crippen molar-refractivity contribution in [1.82, 2.24) is 24.1 Å². The van der Waals surface area contributed by atoms with Gasteiger partial charge in [0.15, 0.2) is 5.82 Å². The molecule has 50 heavy (non-hydrogen) atoms. The van der Waals surface area contributed by atoms with E-state index in [0.29, 0.717) is 27.4 Å². The zero-order chi connectivity index (χ0) is 35.6. The Hall–Kier alpha value is -5.36. The third kappa shape index (κ3) is 5.73. The van der Waals surface area contributed by atoms with Crippen molar-refractivity contribution in [2.24, 2.45) is 7.05 Å². The molecular formula is C32H31F2N7O8S. The van der Waals surface area contributed by atoms with Crippen molar-refractivity contribution in [3.8, 4) is 5.75 Å². The average Bonchev–Trinajstić information content (AvgIpc) is 3.46. The Labute approximate surface area is 282 Å². The van der Waals surface area contributed by atoms with E-state index in [9.17, 15) is 37.5 Å². The van der Waals surface area contributed by atoms with Crippen molar-refractivity contribution >= 4 is 67.0 Å². The molecule has 1 unspecified atom stereocenters. The first kappa shape index (κ1) is 33.2. The Balaban J connectivity index is 1.06. The third-order valence-corrected chi connectivity index (χ3v) is 10.8. The maximum atomic E-state index is 15.4. The first-order valence-electron chi connectivity index (χ1n) is 15.7. The molecule has 0 bridgehead atoms. The highest BCUT2D eigenvalue weighted by molar-refractivity contribution is 7.92. The summed E-state index contributed by atoms with van der Waals surface area (Å²) >= 11 is 0. The van der Waals surface area contributed by atoms with Crippen LogP contribution in [0.3, 0.4) is 0 Å². The summed E-state index contributed by atoms with van der Waals surface area (Å²) in [5.74, 6) is -4.67. The minimum Gasteiger partial charge on any atom is -0.506 e. The number of carbonyl (C=O) groups excluding carboxylic acids is 4. The van der Waals surface area contributed by atoms with Gasteiger partial charge in [0.2, 0.25) is 17.7 Å². The number of hydrogen-bond donors (Lipinski definition) is 4. The van der Waals surface area contributed by atoms with Crippen molar-refractivity contribution in [2.75, 3.05) is 35.8 Å². The number of piperidine rings is 2. The third-order valence-electron chi connectivity index (χ3n) is 9.43. The zero-order valence-corrected chi connectivity index (χ0v) is 27.3. The molecule has 3 fully saturated rings. The molecule has 3 aliphatic rings. The number of nitrogens with one attached hydrogen (secondary N) is 3. The molecule has 0 aliphatic carbocycles. The van der Waals surface area contributed by atoms with Crippen LogP contribution in [0.1, 0.15) is 36.8 Å². The smallest absolute Gasteiger partial charge is 0.329 e. The van der Waals surface area contributed by atoms with Gasteiger partial charge in [-0.2, -0.15) is 8.42 Å².